The lowest BCUT2D eigenvalue weighted by Gasteiger charge is -2.45. The number of nitrogens with zero attached hydrogens (tertiary/aromatic N) is 6. The summed E-state index contributed by atoms with van der Waals surface area (Å²) >= 11 is 0. The average Bonchev–Trinajstić information content (AvgIpc) is 3.45. The molecular formula is C25H39N7O3Si. The van der Waals surface area contributed by atoms with Gasteiger partial charge >= 0.3 is 6.09 Å². The van der Waals surface area contributed by atoms with Gasteiger partial charge in [-0.25, -0.2) is 14.2 Å². The SMILES string of the molecule is CC(C)(C)OC(=O)N1CC[C@]2(C1)C[C@H](n1nc(-c3cnn(COCC[Si](C)(C)C)c3)c(C#N)c1N)C2. The molecule has 1 spiro atoms. The number of hydrogen-bond acceptors (Lipinski definition) is 7. The molecular weight excluding hydrogens is 474 g/mol. The molecule has 2 aliphatic rings. The third-order valence-electron chi connectivity index (χ3n) is 6.96. The number of carbonyl (C=O) groups excluding carboxylic acids is 1. The molecule has 1 saturated heterocycles. The summed E-state index contributed by atoms with van der Waals surface area (Å²) < 4.78 is 14.8. The van der Waals surface area contributed by atoms with E-state index in [9.17, 15) is 10.1 Å². The van der Waals surface area contributed by atoms with Crippen LogP contribution in [0.15, 0.2) is 12.4 Å². The number of likely N-dealkylation sites (tertiary alicyclic amines) is 1. The van der Waals surface area contributed by atoms with Crippen molar-refractivity contribution in [3.63, 3.8) is 0 Å². The van der Waals surface area contributed by atoms with E-state index in [4.69, 9.17) is 20.3 Å². The predicted octanol–water partition coefficient (Wildman–Crippen LogP) is 4.47. The van der Waals surface area contributed by atoms with Gasteiger partial charge in [-0.2, -0.15) is 15.5 Å². The Kier molecular flexibility index (Phi) is 6.96. The predicted molar refractivity (Wildman–Crippen MR) is 140 cm³/mol. The van der Waals surface area contributed by atoms with Gasteiger partial charge in [-0.05, 0) is 51.5 Å². The highest BCUT2D eigenvalue weighted by Gasteiger charge is 2.51. The van der Waals surface area contributed by atoms with Crippen LogP contribution in [0.5, 0.6) is 0 Å². The maximum atomic E-state index is 12.5. The Morgan fingerprint density at radius 1 is 1.33 bits per heavy atom. The molecule has 196 valence electrons. The molecule has 2 aromatic rings. The Hall–Kier alpha value is -2.84. The molecule has 10 nitrogen and oxygen atoms in total. The van der Waals surface area contributed by atoms with E-state index in [0.29, 0.717) is 43.5 Å². The molecule has 11 heteroatoms. The van der Waals surface area contributed by atoms with Gasteiger partial charge in [-0.1, -0.05) is 19.6 Å². The van der Waals surface area contributed by atoms with Crippen LogP contribution in [0.1, 0.15) is 51.6 Å². The van der Waals surface area contributed by atoms with E-state index in [0.717, 1.165) is 30.9 Å². The molecule has 1 amide bonds. The number of nitrogen functional groups attached to an aromatic ring is 1. The zero-order valence-electron chi connectivity index (χ0n) is 22.4. The highest BCUT2D eigenvalue weighted by Crippen LogP contribution is 2.54. The van der Waals surface area contributed by atoms with Gasteiger partial charge in [0.25, 0.3) is 0 Å². The van der Waals surface area contributed by atoms with Crippen molar-refractivity contribution in [2.24, 2.45) is 5.41 Å². The van der Waals surface area contributed by atoms with Gasteiger partial charge in [0.1, 0.15) is 35.5 Å². The molecule has 2 N–H and O–H groups in total. The molecule has 0 aromatic carbocycles. The number of anilines is 1. The summed E-state index contributed by atoms with van der Waals surface area (Å²) in [5.74, 6) is 0.383. The minimum absolute atomic E-state index is 0.0606. The third kappa shape index (κ3) is 5.76. The van der Waals surface area contributed by atoms with Crippen LogP contribution in [-0.2, 0) is 16.2 Å². The smallest absolute Gasteiger partial charge is 0.410 e. The second-order valence-corrected chi connectivity index (χ2v) is 18.1. The summed E-state index contributed by atoms with van der Waals surface area (Å²) in [6.45, 7) is 15.1. The van der Waals surface area contributed by atoms with E-state index in [2.05, 4.69) is 30.8 Å². The number of nitrogens with two attached hydrogens (primary N) is 1. The van der Waals surface area contributed by atoms with Crippen LogP contribution in [-0.4, -0.2) is 63.9 Å². The van der Waals surface area contributed by atoms with Gasteiger partial charge in [0, 0.05) is 39.5 Å². The van der Waals surface area contributed by atoms with Crippen molar-refractivity contribution in [3.8, 4) is 17.3 Å². The highest BCUT2D eigenvalue weighted by molar-refractivity contribution is 6.76. The van der Waals surface area contributed by atoms with Gasteiger partial charge in [0.05, 0.1) is 12.2 Å². The number of hydrogen-bond donors (Lipinski definition) is 1. The maximum absolute atomic E-state index is 12.5. The molecule has 1 saturated carbocycles. The van der Waals surface area contributed by atoms with Gasteiger partial charge in [0.2, 0.25) is 0 Å². The molecule has 36 heavy (non-hydrogen) atoms. The first-order valence-electron chi connectivity index (χ1n) is 12.7. The summed E-state index contributed by atoms with van der Waals surface area (Å²) in [6, 6.07) is 3.42. The standard InChI is InChI=1S/C25H39N7O3Si/c1-24(2,3)35-23(33)30-8-7-25(16-30)11-19(12-25)32-22(27)20(13-26)21(29-32)18-14-28-31(15-18)17-34-9-10-36(4,5)6/h14-15,19H,7-12,16-17,27H2,1-6H3/t19-,25-. The van der Waals surface area contributed by atoms with Gasteiger partial charge in [0.15, 0.2) is 0 Å². The number of ether oxygens (including phenoxy) is 2. The Morgan fingerprint density at radius 3 is 2.69 bits per heavy atom. The van der Waals surface area contributed by atoms with Crippen molar-refractivity contribution in [2.75, 3.05) is 25.4 Å². The molecule has 0 atom stereocenters. The van der Waals surface area contributed by atoms with Crippen LogP contribution in [0.2, 0.25) is 25.7 Å². The normalized spacial score (nSPS) is 22.0. The number of carbonyl (C=O) groups is 1. The molecule has 0 radical (unpaired) electrons. The lowest BCUT2D eigenvalue weighted by Crippen LogP contribution is -2.43. The van der Waals surface area contributed by atoms with Crippen LogP contribution in [0.3, 0.4) is 0 Å². The fraction of sp³-hybridized carbons (Fsp3) is 0.680. The van der Waals surface area contributed by atoms with E-state index in [1.165, 1.54) is 0 Å². The largest absolute Gasteiger partial charge is 0.444 e. The van der Waals surface area contributed by atoms with Crippen molar-refractivity contribution in [1.82, 2.24) is 24.5 Å². The first kappa shape index (κ1) is 26.2. The zero-order chi connectivity index (χ0) is 26.3. The Balaban J connectivity index is 1.40. The lowest BCUT2D eigenvalue weighted by molar-refractivity contribution is 0.0188. The Bertz CT molecular complexity index is 1150. The number of nitriles is 1. The van der Waals surface area contributed by atoms with Crippen molar-refractivity contribution >= 4 is 20.0 Å². The molecule has 1 aliphatic carbocycles. The Morgan fingerprint density at radius 2 is 2.06 bits per heavy atom. The van der Waals surface area contributed by atoms with Crippen LogP contribution < -0.4 is 5.73 Å². The molecule has 3 heterocycles. The van der Waals surface area contributed by atoms with Crippen molar-refractivity contribution < 1.29 is 14.3 Å². The summed E-state index contributed by atoms with van der Waals surface area (Å²) in [6.07, 6.45) is 5.97. The fourth-order valence-electron chi connectivity index (χ4n) is 4.99. The molecule has 4 rings (SSSR count). The maximum Gasteiger partial charge on any atom is 0.410 e. The number of amides is 1. The first-order valence-corrected chi connectivity index (χ1v) is 16.4. The van der Waals surface area contributed by atoms with Crippen molar-refractivity contribution in [2.45, 2.75) is 84.1 Å². The third-order valence-corrected chi connectivity index (χ3v) is 8.66. The fourth-order valence-corrected chi connectivity index (χ4v) is 5.75. The quantitative estimate of drug-likeness (QED) is 0.428. The van der Waals surface area contributed by atoms with Gasteiger partial charge in [-0.15, -0.1) is 0 Å². The monoisotopic (exact) mass is 513 g/mol. The van der Waals surface area contributed by atoms with Crippen molar-refractivity contribution in [3.05, 3.63) is 18.0 Å². The molecule has 0 unspecified atom stereocenters. The van der Waals surface area contributed by atoms with E-state index in [1.54, 1.807) is 20.5 Å². The molecule has 1 aliphatic heterocycles. The van der Waals surface area contributed by atoms with Crippen LogP contribution in [0.4, 0.5) is 10.6 Å². The van der Waals surface area contributed by atoms with Crippen LogP contribution in [0, 0.1) is 16.7 Å². The van der Waals surface area contributed by atoms with E-state index in [-0.39, 0.29) is 17.6 Å². The minimum Gasteiger partial charge on any atom is -0.444 e. The Labute approximate surface area is 214 Å². The second kappa shape index (κ2) is 9.56. The first-order chi connectivity index (χ1) is 16.8. The molecule has 2 aromatic heterocycles. The second-order valence-electron chi connectivity index (χ2n) is 12.5. The van der Waals surface area contributed by atoms with Crippen molar-refractivity contribution in [1.29, 1.82) is 5.26 Å². The topological polar surface area (TPSA) is 124 Å². The van der Waals surface area contributed by atoms with E-state index in [1.807, 2.05) is 27.0 Å². The van der Waals surface area contributed by atoms with Gasteiger partial charge in [-0.3, -0.25) is 0 Å². The lowest BCUT2D eigenvalue weighted by atomic mass is 9.65. The zero-order valence-corrected chi connectivity index (χ0v) is 23.4. The summed E-state index contributed by atoms with van der Waals surface area (Å²) in [7, 11) is -1.14. The minimum atomic E-state index is -1.14. The van der Waals surface area contributed by atoms with Gasteiger partial charge < -0.3 is 20.1 Å². The van der Waals surface area contributed by atoms with E-state index < -0.39 is 13.7 Å². The summed E-state index contributed by atoms with van der Waals surface area (Å²) in [5.41, 5.74) is 7.61. The average molecular weight is 514 g/mol. The summed E-state index contributed by atoms with van der Waals surface area (Å²) in [5, 5.41) is 18.9. The van der Waals surface area contributed by atoms with E-state index >= 15 is 0 Å². The molecule has 0 bridgehead atoms. The highest BCUT2D eigenvalue weighted by atomic mass is 28.3. The molecule has 2 fully saturated rings. The summed E-state index contributed by atoms with van der Waals surface area (Å²) in [4.78, 5) is 14.3. The van der Waals surface area contributed by atoms with Crippen LogP contribution in [0.25, 0.3) is 11.3 Å². The number of rotatable bonds is 7. The van der Waals surface area contributed by atoms with Crippen LogP contribution >= 0.6 is 0 Å². The number of aromatic nitrogens is 4.